The molecule has 126 valence electrons. The van der Waals surface area contributed by atoms with Gasteiger partial charge in [0.05, 0.1) is 0 Å². The van der Waals surface area contributed by atoms with E-state index >= 15 is 0 Å². The lowest BCUT2D eigenvalue weighted by Crippen LogP contribution is -2.37. The van der Waals surface area contributed by atoms with Gasteiger partial charge in [-0.25, -0.2) is 4.98 Å². The van der Waals surface area contributed by atoms with Crippen LogP contribution in [0.2, 0.25) is 0 Å². The lowest BCUT2D eigenvalue weighted by atomic mass is 10.1. The Labute approximate surface area is 152 Å². The lowest BCUT2D eigenvalue weighted by Gasteiger charge is -2.14. The fourth-order valence-corrected chi connectivity index (χ4v) is 1.94. The Kier molecular flexibility index (Phi) is 11.0. The van der Waals surface area contributed by atoms with E-state index in [9.17, 15) is 0 Å². The molecule has 0 unspecified atom stereocenters. The Morgan fingerprint density at radius 1 is 1.32 bits per heavy atom. The number of anilines is 1. The summed E-state index contributed by atoms with van der Waals surface area (Å²) in [5.41, 5.74) is 1.19. The Bertz CT molecular complexity index is 446. The number of pyridine rings is 1. The third-order valence-corrected chi connectivity index (χ3v) is 3.20. The van der Waals surface area contributed by atoms with E-state index in [4.69, 9.17) is 0 Å². The zero-order valence-electron chi connectivity index (χ0n) is 14.4. The normalized spacial score (nSPS) is 11.1. The molecule has 22 heavy (non-hydrogen) atoms. The van der Waals surface area contributed by atoms with E-state index in [1.807, 2.05) is 31.3 Å². The van der Waals surface area contributed by atoms with Gasteiger partial charge in [-0.05, 0) is 36.5 Å². The Morgan fingerprint density at radius 3 is 2.64 bits per heavy atom. The highest BCUT2D eigenvalue weighted by atomic mass is 127. The molecule has 2 N–H and O–H groups in total. The van der Waals surface area contributed by atoms with Crippen molar-refractivity contribution >= 4 is 35.8 Å². The van der Waals surface area contributed by atoms with Crippen LogP contribution in [0.25, 0.3) is 0 Å². The highest BCUT2D eigenvalue weighted by Crippen LogP contribution is 2.09. The number of nitrogens with zero attached hydrogens (tertiary/aromatic N) is 3. The molecule has 0 amide bonds. The topological polar surface area (TPSA) is 52.6 Å². The molecule has 0 aromatic carbocycles. The molecule has 0 atom stereocenters. The van der Waals surface area contributed by atoms with E-state index in [-0.39, 0.29) is 24.0 Å². The van der Waals surface area contributed by atoms with E-state index in [0.717, 1.165) is 30.8 Å². The molecule has 0 aliphatic rings. The monoisotopic (exact) mass is 419 g/mol. The van der Waals surface area contributed by atoms with Gasteiger partial charge < -0.3 is 15.5 Å². The second kappa shape index (κ2) is 11.5. The summed E-state index contributed by atoms with van der Waals surface area (Å²) < 4.78 is 0. The predicted molar refractivity (Wildman–Crippen MR) is 106 cm³/mol. The van der Waals surface area contributed by atoms with Crippen molar-refractivity contribution in [1.82, 2.24) is 15.6 Å². The van der Waals surface area contributed by atoms with E-state index < -0.39 is 0 Å². The van der Waals surface area contributed by atoms with Crippen LogP contribution < -0.4 is 15.5 Å². The minimum Gasteiger partial charge on any atom is -0.363 e. The summed E-state index contributed by atoms with van der Waals surface area (Å²) in [5, 5.41) is 6.68. The summed E-state index contributed by atoms with van der Waals surface area (Å²) in [7, 11) is 5.79. The van der Waals surface area contributed by atoms with Crippen LogP contribution in [0, 0.1) is 5.92 Å². The number of hydrogen-bond donors (Lipinski definition) is 2. The van der Waals surface area contributed by atoms with Crippen LogP contribution in [0.4, 0.5) is 5.82 Å². The quantitative estimate of drug-likeness (QED) is 0.309. The molecule has 5 nitrogen and oxygen atoms in total. The largest absolute Gasteiger partial charge is 0.363 e. The molecule has 6 heteroatoms. The SMILES string of the molecule is CN=C(NCCCC(C)C)NCc1ccnc(N(C)C)c1.I. The van der Waals surface area contributed by atoms with E-state index in [1.54, 1.807) is 7.05 Å². The molecule has 0 bridgehead atoms. The maximum absolute atomic E-state index is 4.32. The van der Waals surface area contributed by atoms with Crippen molar-refractivity contribution in [3.05, 3.63) is 23.9 Å². The van der Waals surface area contributed by atoms with Gasteiger partial charge in [0.2, 0.25) is 0 Å². The molecular formula is C16H30IN5. The summed E-state index contributed by atoms with van der Waals surface area (Å²) in [6, 6.07) is 4.10. The van der Waals surface area contributed by atoms with Crippen molar-refractivity contribution in [2.75, 3.05) is 32.6 Å². The van der Waals surface area contributed by atoms with Crippen molar-refractivity contribution in [2.24, 2.45) is 10.9 Å². The van der Waals surface area contributed by atoms with Crippen LogP contribution in [0.3, 0.4) is 0 Å². The number of halogens is 1. The van der Waals surface area contributed by atoms with Crippen molar-refractivity contribution in [2.45, 2.75) is 33.2 Å². The molecule has 1 aromatic rings. The summed E-state index contributed by atoms with van der Waals surface area (Å²) in [4.78, 5) is 10.6. The minimum absolute atomic E-state index is 0. The summed E-state index contributed by atoms with van der Waals surface area (Å²) >= 11 is 0. The predicted octanol–water partition coefficient (Wildman–Crippen LogP) is 2.87. The van der Waals surface area contributed by atoms with Crippen LogP contribution in [-0.2, 0) is 6.54 Å². The molecule has 0 aliphatic carbocycles. The average Bonchev–Trinajstić information content (AvgIpc) is 2.46. The van der Waals surface area contributed by atoms with Crippen molar-refractivity contribution in [3.8, 4) is 0 Å². The smallest absolute Gasteiger partial charge is 0.191 e. The number of hydrogen-bond acceptors (Lipinski definition) is 3. The Balaban J connectivity index is 0.00000441. The maximum atomic E-state index is 4.32. The van der Waals surface area contributed by atoms with Crippen LogP contribution in [0.1, 0.15) is 32.3 Å². The van der Waals surface area contributed by atoms with Gasteiger partial charge in [-0.1, -0.05) is 13.8 Å². The van der Waals surface area contributed by atoms with Crippen molar-refractivity contribution in [3.63, 3.8) is 0 Å². The van der Waals surface area contributed by atoms with Gasteiger partial charge in [-0.3, -0.25) is 4.99 Å². The fourth-order valence-electron chi connectivity index (χ4n) is 1.94. The molecule has 0 aliphatic heterocycles. The molecule has 0 saturated carbocycles. The van der Waals surface area contributed by atoms with Gasteiger partial charge in [0, 0.05) is 40.4 Å². The first-order valence-electron chi connectivity index (χ1n) is 7.59. The van der Waals surface area contributed by atoms with Crippen LogP contribution >= 0.6 is 24.0 Å². The molecule has 0 saturated heterocycles. The number of rotatable bonds is 7. The highest BCUT2D eigenvalue weighted by molar-refractivity contribution is 14.0. The van der Waals surface area contributed by atoms with Gasteiger partial charge in [0.15, 0.2) is 5.96 Å². The Morgan fingerprint density at radius 2 is 2.05 bits per heavy atom. The average molecular weight is 419 g/mol. The lowest BCUT2D eigenvalue weighted by molar-refractivity contribution is 0.549. The highest BCUT2D eigenvalue weighted by Gasteiger charge is 2.01. The molecule has 1 rings (SSSR count). The minimum atomic E-state index is 0. The van der Waals surface area contributed by atoms with Gasteiger partial charge >= 0.3 is 0 Å². The second-order valence-corrected chi connectivity index (χ2v) is 5.81. The second-order valence-electron chi connectivity index (χ2n) is 5.81. The molecule has 1 heterocycles. The van der Waals surface area contributed by atoms with Gasteiger partial charge in [0.25, 0.3) is 0 Å². The number of guanidine groups is 1. The Hall–Kier alpha value is -1.05. The third kappa shape index (κ3) is 8.41. The summed E-state index contributed by atoms with van der Waals surface area (Å²) in [5.74, 6) is 2.57. The molecule has 1 aromatic heterocycles. The van der Waals surface area contributed by atoms with Gasteiger partial charge in [-0.2, -0.15) is 0 Å². The molecule has 0 radical (unpaired) electrons. The molecule has 0 fully saturated rings. The summed E-state index contributed by atoms with van der Waals surface area (Å²) in [6.07, 6.45) is 4.24. The number of nitrogens with one attached hydrogen (secondary N) is 2. The van der Waals surface area contributed by atoms with Crippen molar-refractivity contribution in [1.29, 1.82) is 0 Å². The van der Waals surface area contributed by atoms with Gasteiger partial charge in [-0.15, -0.1) is 24.0 Å². The molecular weight excluding hydrogens is 389 g/mol. The van der Waals surface area contributed by atoms with Crippen LogP contribution in [0.5, 0.6) is 0 Å². The van der Waals surface area contributed by atoms with Gasteiger partial charge in [0.1, 0.15) is 5.82 Å². The van der Waals surface area contributed by atoms with Crippen LogP contribution in [-0.4, -0.2) is 38.6 Å². The van der Waals surface area contributed by atoms with Crippen molar-refractivity contribution < 1.29 is 0 Å². The zero-order chi connectivity index (χ0) is 15.7. The standard InChI is InChI=1S/C16H29N5.HI/c1-13(2)7-6-9-19-16(17-3)20-12-14-8-10-18-15(11-14)21(4)5;/h8,10-11,13H,6-7,9,12H2,1-5H3,(H2,17,19,20);1H. The zero-order valence-corrected chi connectivity index (χ0v) is 16.7. The number of aliphatic imine (C=N–C) groups is 1. The first kappa shape index (κ1) is 20.9. The fraction of sp³-hybridized carbons (Fsp3) is 0.625. The van der Waals surface area contributed by atoms with E-state index in [2.05, 4.69) is 40.5 Å². The maximum Gasteiger partial charge on any atom is 0.191 e. The van der Waals surface area contributed by atoms with Crippen LogP contribution in [0.15, 0.2) is 23.3 Å². The number of aromatic nitrogens is 1. The molecule has 0 spiro atoms. The summed E-state index contributed by atoms with van der Waals surface area (Å²) in [6.45, 7) is 6.20. The first-order chi connectivity index (χ1) is 10.0. The third-order valence-electron chi connectivity index (χ3n) is 3.20. The van der Waals surface area contributed by atoms with E-state index in [1.165, 1.54) is 18.4 Å². The van der Waals surface area contributed by atoms with E-state index in [0.29, 0.717) is 0 Å². The first-order valence-corrected chi connectivity index (χ1v) is 7.59.